The largest absolute Gasteiger partial charge is 0.417 e. The van der Waals surface area contributed by atoms with E-state index in [9.17, 15) is 4.79 Å². The lowest BCUT2D eigenvalue weighted by Crippen LogP contribution is -2.07. The molecule has 2 N–H and O–H groups in total. The summed E-state index contributed by atoms with van der Waals surface area (Å²) in [6.07, 6.45) is 1.96. The summed E-state index contributed by atoms with van der Waals surface area (Å²) in [7, 11) is 3.77. The molecule has 6 heteroatoms. The standard InChI is InChI=1S/C13H14N4O2/c1-14-6-11-9(7-17(2)16-11)8-3-4-12-10(5-8)15-13(18)19-12/h3-5,7,14H,6H2,1-2H3,(H,15,18). The van der Waals surface area contributed by atoms with Crippen LogP contribution in [0.1, 0.15) is 5.69 Å². The molecule has 6 nitrogen and oxygen atoms in total. The molecule has 0 saturated heterocycles. The van der Waals surface area contributed by atoms with Crippen LogP contribution in [-0.4, -0.2) is 21.8 Å². The van der Waals surface area contributed by atoms with E-state index in [0.29, 0.717) is 17.6 Å². The maximum atomic E-state index is 11.2. The molecule has 3 aromatic rings. The van der Waals surface area contributed by atoms with Gasteiger partial charge >= 0.3 is 5.76 Å². The van der Waals surface area contributed by atoms with E-state index >= 15 is 0 Å². The molecule has 0 unspecified atom stereocenters. The smallest absolute Gasteiger partial charge is 0.408 e. The second-order valence-electron chi connectivity index (χ2n) is 4.42. The van der Waals surface area contributed by atoms with Crippen molar-refractivity contribution in [3.8, 4) is 11.1 Å². The van der Waals surface area contributed by atoms with Gasteiger partial charge in [-0.15, -0.1) is 0 Å². The van der Waals surface area contributed by atoms with Crippen LogP contribution in [0.15, 0.2) is 33.6 Å². The topological polar surface area (TPSA) is 75.8 Å². The molecule has 0 amide bonds. The molecule has 0 aliphatic heterocycles. The lowest BCUT2D eigenvalue weighted by atomic mass is 10.1. The number of H-pyrrole nitrogens is 1. The number of nitrogens with one attached hydrogen (secondary N) is 2. The molecule has 0 spiro atoms. The van der Waals surface area contributed by atoms with E-state index < -0.39 is 5.76 Å². The molecular weight excluding hydrogens is 244 g/mol. The van der Waals surface area contributed by atoms with E-state index in [4.69, 9.17) is 4.42 Å². The third kappa shape index (κ3) is 2.06. The van der Waals surface area contributed by atoms with Crippen molar-refractivity contribution in [2.24, 2.45) is 7.05 Å². The molecule has 2 heterocycles. The Labute approximate surface area is 109 Å². The van der Waals surface area contributed by atoms with Gasteiger partial charge in [0.05, 0.1) is 11.2 Å². The molecule has 0 aliphatic carbocycles. The van der Waals surface area contributed by atoms with Crippen LogP contribution in [0.25, 0.3) is 22.2 Å². The van der Waals surface area contributed by atoms with Crippen molar-refractivity contribution in [3.63, 3.8) is 0 Å². The van der Waals surface area contributed by atoms with Crippen LogP contribution in [0.3, 0.4) is 0 Å². The van der Waals surface area contributed by atoms with E-state index in [1.54, 1.807) is 10.7 Å². The monoisotopic (exact) mass is 258 g/mol. The highest BCUT2D eigenvalue weighted by atomic mass is 16.4. The molecule has 98 valence electrons. The van der Waals surface area contributed by atoms with Gasteiger partial charge in [0.1, 0.15) is 0 Å². The highest BCUT2D eigenvalue weighted by molar-refractivity contribution is 5.80. The third-order valence-corrected chi connectivity index (χ3v) is 2.98. The van der Waals surface area contributed by atoms with E-state index in [2.05, 4.69) is 15.4 Å². The maximum Gasteiger partial charge on any atom is 0.417 e. The number of benzene rings is 1. The van der Waals surface area contributed by atoms with Crippen LogP contribution in [-0.2, 0) is 13.6 Å². The predicted octanol–water partition coefficient (Wildman–Crippen LogP) is 1.24. The molecule has 1 aromatic carbocycles. The van der Waals surface area contributed by atoms with Crippen molar-refractivity contribution >= 4 is 11.1 Å². The van der Waals surface area contributed by atoms with E-state index in [-0.39, 0.29) is 0 Å². The first-order valence-electron chi connectivity index (χ1n) is 5.98. The van der Waals surface area contributed by atoms with Crippen LogP contribution < -0.4 is 11.1 Å². The molecule has 0 radical (unpaired) electrons. The number of aromatic amines is 1. The number of nitrogens with zero attached hydrogens (tertiary/aromatic N) is 2. The minimum absolute atomic E-state index is 0.436. The van der Waals surface area contributed by atoms with Gasteiger partial charge in [0, 0.05) is 25.4 Å². The zero-order valence-corrected chi connectivity index (χ0v) is 10.7. The Morgan fingerprint density at radius 1 is 1.47 bits per heavy atom. The average Bonchev–Trinajstić information content (AvgIpc) is 2.90. The number of aryl methyl sites for hydroxylation is 1. The highest BCUT2D eigenvalue weighted by Crippen LogP contribution is 2.25. The lowest BCUT2D eigenvalue weighted by molar-refractivity contribution is 0.555. The number of rotatable bonds is 3. The molecule has 0 fully saturated rings. The first kappa shape index (κ1) is 11.7. The van der Waals surface area contributed by atoms with Crippen LogP contribution in [0.4, 0.5) is 0 Å². The molecule has 0 saturated carbocycles. The molecule has 3 rings (SSSR count). The fourth-order valence-corrected chi connectivity index (χ4v) is 2.19. The summed E-state index contributed by atoms with van der Waals surface area (Å²) in [5.74, 6) is -0.436. The maximum absolute atomic E-state index is 11.2. The minimum Gasteiger partial charge on any atom is -0.408 e. The van der Waals surface area contributed by atoms with Gasteiger partial charge in [0.25, 0.3) is 0 Å². The van der Waals surface area contributed by atoms with Gasteiger partial charge in [0.15, 0.2) is 5.58 Å². The van der Waals surface area contributed by atoms with Gasteiger partial charge < -0.3 is 9.73 Å². The second kappa shape index (κ2) is 4.40. The van der Waals surface area contributed by atoms with E-state index in [1.807, 2.05) is 32.4 Å². The Morgan fingerprint density at radius 2 is 2.32 bits per heavy atom. The number of hydrogen-bond acceptors (Lipinski definition) is 4. The minimum atomic E-state index is -0.436. The van der Waals surface area contributed by atoms with Crippen LogP contribution >= 0.6 is 0 Å². The van der Waals surface area contributed by atoms with Crippen molar-refractivity contribution in [3.05, 3.63) is 40.6 Å². The average molecular weight is 258 g/mol. The molecule has 0 atom stereocenters. The second-order valence-corrected chi connectivity index (χ2v) is 4.42. The quantitative estimate of drug-likeness (QED) is 0.741. The summed E-state index contributed by atoms with van der Waals surface area (Å²) in [4.78, 5) is 13.8. The normalized spacial score (nSPS) is 11.3. The Balaban J connectivity index is 2.15. The first-order chi connectivity index (χ1) is 9.17. The van der Waals surface area contributed by atoms with Crippen LogP contribution in [0, 0.1) is 0 Å². The Morgan fingerprint density at radius 3 is 3.11 bits per heavy atom. The summed E-state index contributed by atoms with van der Waals surface area (Å²) in [5, 5.41) is 7.52. The predicted molar refractivity (Wildman–Crippen MR) is 71.8 cm³/mol. The van der Waals surface area contributed by atoms with Crippen molar-refractivity contribution in [1.82, 2.24) is 20.1 Å². The van der Waals surface area contributed by atoms with E-state index in [0.717, 1.165) is 16.8 Å². The molecule has 2 aromatic heterocycles. The van der Waals surface area contributed by atoms with Gasteiger partial charge in [-0.1, -0.05) is 6.07 Å². The van der Waals surface area contributed by atoms with Crippen LogP contribution in [0.2, 0.25) is 0 Å². The van der Waals surface area contributed by atoms with Crippen molar-refractivity contribution in [2.45, 2.75) is 6.54 Å². The Kier molecular flexibility index (Phi) is 2.72. The van der Waals surface area contributed by atoms with Gasteiger partial charge in [-0.25, -0.2) is 4.79 Å². The SMILES string of the molecule is CNCc1nn(C)cc1-c1ccc2oc(=O)[nH]c2c1. The van der Waals surface area contributed by atoms with E-state index in [1.165, 1.54) is 0 Å². The van der Waals surface area contributed by atoms with Gasteiger partial charge in [0.2, 0.25) is 0 Å². The summed E-state index contributed by atoms with van der Waals surface area (Å²) in [6.45, 7) is 0.691. The summed E-state index contributed by atoms with van der Waals surface area (Å²) in [5.41, 5.74) is 4.27. The van der Waals surface area contributed by atoms with Crippen molar-refractivity contribution in [2.75, 3.05) is 7.05 Å². The van der Waals surface area contributed by atoms with Crippen molar-refractivity contribution in [1.29, 1.82) is 0 Å². The number of aromatic nitrogens is 3. The van der Waals surface area contributed by atoms with Gasteiger partial charge in [-0.2, -0.15) is 5.10 Å². The molecule has 19 heavy (non-hydrogen) atoms. The van der Waals surface area contributed by atoms with Gasteiger partial charge in [-0.05, 0) is 24.7 Å². The first-order valence-corrected chi connectivity index (χ1v) is 5.98. The van der Waals surface area contributed by atoms with Gasteiger partial charge in [-0.3, -0.25) is 9.67 Å². The number of oxazole rings is 1. The van der Waals surface area contributed by atoms with Crippen molar-refractivity contribution < 1.29 is 4.42 Å². The lowest BCUT2D eigenvalue weighted by Gasteiger charge is -2.01. The Bertz CT molecular complexity index is 781. The summed E-state index contributed by atoms with van der Waals surface area (Å²) < 4.78 is 6.78. The molecule has 0 aliphatic rings. The Hall–Kier alpha value is -2.34. The molecular formula is C13H14N4O2. The molecule has 0 bridgehead atoms. The fraction of sp³-hybridized carbons (Fsp3) is 0.231. The number of fused-ring (bicyclic) bond motifs is 1. The fourth-order valence-electron chi connectivity index (χ4n) is 2.19. The zero-order valence-electron chi connectivity index (χ0n) is 10.7. The summed E-state index contributed by atoms with van der Waals surface area (Å²) >= 11 is 0. The number of hydrogen-bond donors (Lipinski definition) is 2. The zero-order chi connectivity index (χ0) is 13.4. The third-order valence-electron chi connectivity index (χ3n) is 2.98. The van der Waals surface area contributed by atoms with Crippen LogP contribution in [0.5, 0.6) is 0 Å². The highest BCUT2D eigenvalue weighted by Gasteiger charge is 2.11. The summed E-state index contributed by atoms with van der Waals surface area (Å²) in [6, 6.07) is 5.62.